The van der Waals surface area contributed by atoms with Crippen LogP contribution in [0, 0.1) is 0 Å². The van der Waals surface area contributed by atoms with Crippen LogP contribution in [0.15, 0.2) is 36.5 Å². The number of benzene rings is 1. The first-order valence-corrected chi connectivity index (χ1v) is 4.07. The quantitative estimate of drug-likeness (QED) is 0.712. The van der Waals surface area contributed by atoms with E-state index in [1.807, 2.05) is 0 Å². The molecule has 2 N–H and O–H groups in total. The number of rotatable bonds is 1. The summed E-state index contributed by atoms with van der Waals surface area (Å²) in [6, 6.07) is 7.82. The van der Waals surface area contributed by atoms with Crippen molar-refractivity contribution in [1.29, 1.82) is 0 Å². The SMILES string of the molecule is Oc1ccc(-c2cccnn2)c(O)c1. The van der Waals surface area contributed by atoms with Gasteiger partial charge in [0.1, 0.15) is 11.5 Å². The van der Waals surface area contributed by atoms with Gasteiger partial charge in [-0.15, -0.1) is 0 Å². The number of aromatic hydroxyl groups is 2. The zero-order valence-electron chi connectivity index (χ0n) is 7.25. The van der Waals surface area contributed by atoms with Crippen LogP contribution in [0.1, 0.15) is 0 Å². The third-order valence-electron chi connectivity index (χ3n) is 1.83. The lowest BCUT2D eigenvalue weighted by molar-refractivity contribution is 0.451. The van der Waals surface area contributed by atoms with Crippen LogP contribution in [0.2, 0.25) is 0 Å². The molecule has 0 bridgehead atoms. The van der Waals surface area contributed by atoms with Gasteiger partial charge in [-0.3, -0.25) is 0 Å². The molecule has 0 saturated heterocycles. The summed E-state index contributed by atoms with van der Waals surface area (Å²) in [5, 5.41) is 26.2. The average Bonchev–Trinajstić information content (AvgIpc) is 2.19. The van der Waals surface area contributed by atoms with Crippen LogP contribution in [-0.2, 0) is 0 Å². The van der Waals surface area contributed by atoms with Gasteiger partial charge in [-0.25, -0.2) is 0 Å². The van der Waals surface area contributed by atoms with Gasteiger partial charge in [-0.2, -0.15) is 10.2 Å². The van der Waals surface area contributed by atoms with Crippen molar-refractivity contribution in [3.63, 3.8) is 0 Å². The van der Waals surface area contributed by atoms with E-state index >= 15 is 0 Å². The van der Waals surface area contributed by atoms with Gasteiger partial charge in [0.25, 0.3) is 0 Å². The van der Waals surface area contributed by atoms with Gasteiger partial charge in [0.2, 0.25) is 0 Å². The Morgan fingerprint density at radius 2 is 1.93 bits per heavy atom. The molecule has 2 aromatic rings. The van der Waals surface area contributed by atoms with Crippen LogP contribution in [-0.4, -0.2) is 20.4 Å². The van der Waals surface area contributed by atoms with Crippen LogP contribution in [0.3, 0.4) is 0 Å². The molecule has 4 heteroatoms. The summed E-state index contributed by atoms with van der Waals surface area (Å²) in [6.45, 7) is 0. The smallest absolute Gasteiger partial charge is 0.128 e. The van der Waals surface area contributed by atoms with Crippen molar-refractivity contribution in [3.8, 4) is 22.8 Å². The molecule has 4 nitrogen and oxygen atoms in total. The van der Waals surface area contributed by atoms with E-state index in [0.29, 0.717) is 11.3 Å². The molecule has 0 aliphatic carbocycles. The maximum atomic E-state index is 9.52. The molecule has 0 unspecified atom stereocenters. The number of hydrogen-bond donors (Lipinski definition) is 2. The van der Waals surface area contributed by atoms with E-state index < -0.39 is 0 Å². The van der Waals surface area contributed by atoms with Crippen molar-refractivity contribution in [2.75, 3.05) is 0 Å². The molecule has 14 heavy (non-hydrogen) atoms. The summed E-state index contributed by atoms with van der Waals surface area (Å²) in [7, 11) is 0. The second-order valence-electron chi connectivity index (χ2n) is 2.81. The summed E-state index contributed by atoms with van der Waals surface area (Å²) in [6.07, 6.45) is 1.56. The highest BCUT2D eigenvalue weighted by Gasteiger charge is 2.05. The van der Waals surface area contributed by atoms with E-state index in [0.717, 1.165) is 0 Å². The van der Waals surface area contributed by atoms with E-state index in [-0.39, 0.29) is 11.5 Å². The topological polar surface area (TPSA) is 66.2 Å². The van der Waals surface area contributed by atoms with Crippen LogP contribution in [0.5, 0.6) is 11.5 Å². The minimum Gasteiger partial charge on any atom is -0.508 e. The van der Waals surface area contributed by atoms with E-state index in [1.165, 1.54) is 12.1 Å². The molecule has 1 aromatic heterocycles. The minimum atomic E-state index is -0.00880. The van der Waals surface area contributed by atoms with Gasteiger partial charge in [-0.05, 0) is 24.3 Å². The standard InChI is InChI=1S/C10H8N2O2/c13-7-3-4-8(10(14)6-7)9-2-1-5-11-12-9/h1-6,13-14H. The highest BCUT2D eigenvalue weighted by atomic mass is 16.3. The maximum Gasteiger partial charge on any atom is 0.128 e. The maximum absolute atomic E-state index is 9.52. The Bertz CT molecular complexity index is 443. The highest BCUT2D eigenvalue weighted by Crippen LogP contribution is 2.29. The van der Waals surface area contributed by atoms with Gasteiger partial charge in [-0.1, -0.05) is 0 Å². The van der Waals surface area contributed by atoms with Crippen LogP contribution >= 0.6 is 0 Å². The summed E-state index contributed by atoms with van der Waals surface area (Å²) < 4.78 is 0. The van der Waals surface area contributed by atoms with E-state index in [4.69, 9.17) is 5.11 Å². The van der Waals surface area contributed by atoms with Crippen molar-refractivity contribution >= 4 is 0 Å². The fourth-order valence-electron chi connectivity index (χ4n) is 1.18. The Labute approximate surface area is 80.5 Å². The van der Waals surface area contributed by atoms with E-state index in [9.17, 15) is 5.11 Å². The molecule has 0 fully saturated rings. The fraction of sp³-hybridized carbons (Fsp3) is 0. The first-order valence-electron chi connectivity index (χ1n) is 4.07. The van der Waals surface area contributed by atoms with Gasteiger partial charge < -0.3 is 10.2 Å². The second kappa shape index (κ2) is 3.33. The summed E-state index contributed by atoms with van der Waals surface area (Å²) in [5.74, 6) is 0.0145. The van der Waals surface area contributed by atoms with Crippen molar-refractivity contribution in [2.45, 2.75) is 0 Å². The lowest BCUT2D eigenvalue weighted by atomic mass is 10.1. The van der Waals surface area contributed by atoms with E-state index in [1.54, 1.807) is 24.4 Å². The molecule has 0 aliphatic rings. The Hall–Kier alpha value is -2.10. The van der Waals surface area contributed by atoms with Gasteiger partial charge in [0.15, 0.2) is 0 Å². The molecular formula is C10H8N2O2. The third-order valence-corrected chi connectivity index (χ3v) is 1.83. The predicted octanol–water partition coefficient (Wildman–Crippen LogP) is 1.55. The molecule has 0 aliphatic heterocycles. The zero-order chi connectivity index (χ0) is 9.97. The minimum absolute atomic E-state index is 0.00880. The lowest BCUT2D eigenvalue weighted by Gasteiger charge is -2.02. The van der Waals surface area contributed by atoms with Crippen molar-refractivity contribution in [1.82, 2.24) is 10.2 Å². The summed E-state index contributed by atoms with van der Waals surface area (Å²) in [5.41, 5.74) is 1.13. The first kappa shape index (κ1) is 8.50. The molecule has 2 rings (SSSR count). The number of phenols is 2. The molecular weight excluding hydrogens is 180 g/mol. The monoisotopic (exact) mass is 188 g/mol. The molecule has 0 radical (unpaired) electrons. The second-order valence-corrected chi connectivity index (χ2v) is 2.81. The van der Waals surface area contributed by atoms with Gasteiger partial charge >= 0.3 is 0 Å². The number of aromatic nitrogens is 2. The molecule has 0 atom stereocenters. The number of phenolic OH excluding ortho intramolecular Hbond substituents is 2. The van der Waals surface area contributed by atoms with Crippen LogP contribution < -0.4 is 0 Å². The Balaban J connectivity index is 2.53. The molecule has 0 saturated carbocycles. The average molecular weight is 188 g/mol. The third kappa shape index (κ3) is 1.50. The van der Waals surface area contributed by atoms with Gasteiger partial charge in [0.05, 0.1) is 5.69 Å². The number of nitrogens with zero attached hydrogens (tertiary/aromatic N) is 2. The molecule has 0 amide bonds. The Morgan fingerprint density at radius 1 is 1.07 bits per heavy atom. The molecule has 0 spiro atoms. The number of hydrogen-bond acceptors (Lipinski definition) is 4. The predicted molar refractivity (Wildman–Crippen MR) is 50.8 cm³/mol. The Morgan fingerprint density at radius 3 is 2.57 bits per heavy atom. The molecule has 1 aromatic carbocycles. The van der Waals surface area contributed by atoms with Crippen LogP contribution in [0.25, 0.3) is 11.3 Å². The largest absolute Gasteiger partial charge is 0.508 e. The van der Waals surface area contributed by atoms with Gasteiger partial charge in [0, 0.05) is 17.8 Å². The molecule has 70 valence electrons. The molecule has 1 heterocycles. The summed E-state index contributed by atoms with van der Waals surface area (Å²) in [4.78, 5) is 0. The summed E-state index contributed by atoms with van der Waals surface area (Å²) >= 11 is 0. The Kier molecular flexibility index (Phi) is 2.02. The van der Waals surface area contributed by atoms with E-state index in [2.05, 4.69) is 10.2 Å². The lowest BCUT2D eigenvalue weighted by Crippen LogP contribution is -1.85. The first-order chi connectivity index (χ1) is 6.77. The normalized spacial score (nSPS) is 10.0. The van der Waals surface area contributed by atoms with Crippen LogP contribution in [0.4, 0.5) is 0 Å². The van der Waals surface area contributed by atoms with Crippen molar-refractivity contribution < 1.29 is 10.2 Å². The van der Waals surface area contributed by atoms with Crippen molar-refractivity contribution in [3.05, 3.63) is 36.5 Å². The zero-order valence-corrected chi connectivity index (χ0v) is 7.25. The van der Waals surface area contributed by atoms with Crippen molar-refractivity contribution in [2.24, 2.45) is 0 Å². The fourth-order valence-corrected chi connectivity index (χ4v) is 1.18. The highest BCUT2D eigenvalue weighted by molar-refractivity contribution is 5.67.